The number of hydrogen-bond acceptors (Lipinski definition) is 2. The molecule has 0 atom stereocenters. The Bertz CT molecular complexity index is 435. The second kappa shape index (κ2) is 7.71. The second-order valence-corrected chi connectivity index (χ2v) is 5.26. The van der Waals surface area contributed by atoms with Crippen molar-refractivity contribution in [3.8, 4) is 5.75 Å². The summed E-state index contributed by atoms with van der Waals surface area (Å²) in [5, 5.41) is 3.11. The molecule has 0 unspecified atom stereocenters. The smallest absolute Gasteiger partial charge is 0.193 e. The minimum atomic E-state index is 0. The van der Waals surface area contributed by atoms with Crippen LogP contribution in [0, 0.1) is 5.41 Å². The van der Waals surface area contributed by atoms with E-state index in [1.807, 2.05) is 24.3 Å². The van der Waals surface area contributed by atoms with Crippen LogP contribution in [0.15, 0.2) is 29.3 Å². The number of halogens is 1. The molecule has 0 heterocycles. The van der Waals surface area contributed by atoms with E-state index in [0.29, 0.717) is 11.4 Å². The van der Waals surface area contributed by atoms with E-state index in [0.717, 1.165) is 18.0 Å². The quantitative estimate of drug-likeness (QED) is 0.460. The van der Waals surface area contributed by atoms with Crippen LogP contribution in [0.25, 0.3) is 0 Å². The van der Waals surface area contributed by atoms with Crippen LogP contribution < -0.4 is 15.8 Å². The topological polar surface area (TPSA) is 59.6 Å². The largest absolute Gasteiger partial charge is 0.497 e. The van der Waals surface area contributed by atoms with Gasteiger partial charge < -0.3 is 15.8 Å². The monoisotopic (exact) mass is 389 g/mol. The summed E-state index contributed by atoms with van der Waals surface area (Å²) in [5.41, 5.74) is 7.27. The normalized spacial score (nSPS) is 16.8. The van der Waals surface area contributed by atoms with Crippen molar-refractivity contribution in [2.75, 3.05) is 19.0 Å². The summed E-state index contributed by atoms with van der Waals surface area (Å²) in [7, 11) is 1.65. The van der Waals surface area contributed by atoms with Gasteiger partial charge in [-0.3, -0.25) is 4.99 Å². The number of guanidine groups is 1. The lowest BCUT2D eigenvalue weighted by atomic mass is 9.67. The minimum absolute atomic E-state index is 0. The summed E-state index contributed by atoms with van der Waals surface area (Å²) in [5.74, 6) is 1.32. The highest BCUT2D eigenvalue weighted by atomic mass is 127. The summed E-state index contributed by atoms with van der Waals surface area (Å²) >= 11 is 0. The molecular formula is C15H24IN3O. The number of benzene rings is 1. The molecule has 1 aliphatic rings. The van der Waals surface area contributed by atoms with Crippen molar-refractivity contribution in [2.24, 2.45) is 16.1 Å². The molecule has 3 N–H and O–H groups in total. The lowest BCUT2D eigenvalue weighted by molar-refractivity contribution is 0.139. The fourth-order valence-corrected chi connectivity index (χ4v) is 2.41. The zero-order valence-electron chi connectivity index (χ0n) is 12.2. The van der Waals surface area contributed by atoms with Gasteiger partial charge in [0.2, 0.25) is 0 Å². The maximum atomic E-state index is 5.92. The van der Waals surface area contributed by atoms with Crippen molar-refractivity contribution in [1.29, 1.82) is 0 Å². The molecule has 2 rings (SSSR count). The number of anilines is 1. The highest BCUT2D eigenvalue weighted by molar-refractivity contribution is 14.0. The predicted octanol–water partition coefficient (Wildman–Crippen LogP) is 3.62. The van der Waals surface area contributed by atoms with Gasteiger partial charge in [0, 0.05) is 12.2 Å². The van der Waals surface area contributed by atoms with Crippen molar-refractivity contribution in [3.63, 3.8) is 0 Å². The van der Waals surface area contributed by atoms with Gasteiger partial charge in [0.05, 0.1) is 7.11 Å². The number of nitrogens with zero attached hydrogens (tertiary/aromatic N) is 1. The third kappa shape index (κ3) is 4.26. The fraction of sp³-hybridized carbons (Fsp3) is 0.533. The van der Waals surface area contributed by atoms with E-state index in [-0.39, 0.29) is 24.0 Å². The first kappa shape index (κ1) is 17.1. The minimum Gasteiger partial charge on any atom is -0.497 e. The summed E-state index contributed by atoms with van der Waals surface area (Å²) in [6.07, 6.45) is 5.08. The molecule has 1 saturated carbocycles. The molecular weight excluding hydrogens is 365 g/mol. The van der Waals surface area contributed by atoms with E-state index in [4.69, 9.17) is 10.5 Å². The second-order valence-electron chi connectivity index (χ2n) is 5.26. The molecule has 4 nitrogen and oxygen atoms in total. The molecule has 1 fully saturated rings. The highest BCUT2D eigenvalue weighted by Gasteiger charge is 2.34. The summed E-state index contributed by atoms with van der Waals surface area (Å²) in [6, 6.07) is 7.66. The number of nitrogens with two attached hydrogens (primary N) is 1. The van der Waals surface area contributed by atoms with E-state index in [1.54, 1.807) is 7.11 Å². The number of ether oxygens (including phenoxy) is 1. The molecule has 0 spiro atoms. The van der Waals surface area contributed by atoms with Crippen LogP contribution in [0.1, 0.15) is 32.6 Å². The van der Waals surface area contributed by atoms with Gasteiger partial charge in [-0.15, -0.1) is 24.0 Å². The molecule has 0 bridgehead atoms. The number of rotatable bonds is 5. The summed E-state index contributed by atoms with van der Waals surface area (Å²) in [4.78, 5) is 4.48. The third-order valence-electron chi connectivity index (χ3n) is 4.11. The molecule has 0 aliphatic heterocycles. The zero-order chi connectivity index (χ0) is 13.7. The predicted molar refractivity (Wildman–Crippen MR) is 95.1 cm³/mol. The van der Waals surface area contributed by atoms with Crippen LogP contribution in [0.4, 0.5) is 5.69 Å². The molecule has 1 aromatic rings. The Labute approximate surface area is 138 Å². The maximum absolute atomic E-state index is 5.92. The number of nitrogens with one attached hydrogen (secondary N) is 1. The van der Waals surface area contributed by atoms with Crippen LogP contribution in [0.3, 0.4) is 0 Å². The van der Waals surface area contributed by atoms with Crippen molar-refractivity contribution in [1.82, 2.24) is 0 Å². The van der Waals surface area contributed by atoms with E-state index in [9.17, 15) is 0 Å². The van der Waals surface area contributed by atoms with Gasteiger partial charge in [0.1, 0.15) is 5.75 Å². The van der Waals surface area contributed by atoms with E-state index in [1.165, 1.54) is 25.7 Å². The van der Waals surface area contributed by atoms with Crippen LogP contribution in [0.5, 0.6) is 5.75 Å². The number of aliphatic imine (C=N–C) groups is 1. The Kier molecular flexibility index (Phi) is 6.58. The molecule has 0 radical (unpaired) electrons. The van der Waals surface area contributed by atoms with Crippen molar-refractivity contribution in [3.05, 3.63) is 24.3 Å². The van der Waals surface area contributed by atoms with Crippen LogP contribution in [-0.2, 0) is 0 Å². The van der Waals surface area contributed by atoms with Crippen LogP contribution >= 0.6 is 24.0 Å². The van der Waals surface area contributed by atoms with Gasteiger partial charge in [0.15, 0.2) is 5.96 Å². The summed E-state index contributed by atoms with van der Waals surface area (Å²) in [6.45, 7) is 3.07. The van der Waals surface area contributed by atoms with E-state index < -0.39 is 0 Å². The SMILES string of the molecule is CCC1(CN=C(N)Nc2ccc(OC)cc2)CCC1.I. The van der Waals surface area contributed by atoms with Crippen molar-refractivity contribution in [2.45, 2.75) is 32.6 Å². The Morgan fingerprint density at radius 2 is 2.00 bits per heavy atom. The highest BCUT2D eigenvalue weighted by Crippen LogP contribution is 2.43. The molecule has 0 amide bonds. The van der Waals surface area contributed by atoms with Gasteiger partial charge in [-0.1, -0.05) is 13.3 Å². The maximum Gasteiger partial charge on any atom is 0.193 e. The zero-order valence-corrected chi connectivity index (χ0v) is 14.5. The standard InChI is InChI=1S/C15H23N3O.HI/c1-3-15(9-4-10-15)11-17-14(16)18-12-5-7-13(19-2)8-6-12;/h5-8H,3-4,9-11H2,1-2H3,(H3,16,17,18);1H. The first-order valence-corrected chi connectivity index (χ1v) is 6.88. The Hall–Kier alpha value is -0.980. The van der Waals surface area contributed by atoms with E-state index >= 15 is 0 Å². The Balaban J connectivity index is 0.00000200. The lowest BCUT2D eigenvalue weighted by Gasteiger charge is -2.40. The van der Waals surface area contributed by atoms with Gasteiger partial charge in [-0.2, -0.15) is 0 Å². The van der Waals surface area contributed by atoms with Gasteiger partial charge in [-0.05, 0) is 48.9 Å². The first-order valence-electron chi connectivity index (χ1n) is 6.88. The molecule has 0 saturated heterocycles. The van der Waals surface area contributed by atoms with Crippen LogP contribution in [0.2, 0.25) is 0 Å². The number of methoxy groups -OCH3 is 1. The molecule has 1 aliphatic carbocycles. The van der Waals surface area contributed by atoms with Crippen molar-refractivity contribution < 1.29 is 4.74 Å². The van der Waals surface area contributed by atoms with Crippen molar-refractivity contribution >= 4 is 35.6 Å². The first-order chi connectivity index (χ1) is 9.17. The molecule has 112 valence electrons. The average molecular weight is 389 g/mol. The van der Waals surface area contributed by atoms with Crippen LogP contribution in [-0.4, -0.2) is 19.6 Å². The lowest BCUT2D eigenvalue weighted by Crippen LogP contribution is -2.33. The van der Waals surface area contributed by atoms with Gasteiger partial charge in [-0.25, -0.2) is 0 Å². The molecule has 5 heteroatoms. The Morgan fingerprint density at radius 3 is 2.45 bits per heavy atom. The molecule has 0 aromatic heterocycles. The Morgan fingerprint density at radius 1 is 1.35 bits per heavy atom. The van der Waals surface area contributed by atoms with Gasteiger partial charge >= 0.3 is 0 Å². The average Bonchev–Trinajstić information content (AvgIpc) is 2.39. The van der Waals surface area contributed by atoms with Gasteiger partial charge in [0.25, 0.3) is 0 Å². The summed E-state index contributed by atoms with van der Waals surface area (Å²) < 4.78 is 5.11. The van der Waals surface area contributed by atoms with E-state index in [2.05, 4.69) is 17.2 Å². The fourth-order valence-electron chi connectivity index (χ4n) is 2.41. The third-order valence-corrected chi connectivity index (χ3v) is 4.11. The number of hydrogen-bond donors (Lipinski definition) is 2. The molecule has 1 aromatic carbocycles. The molecule has 20 heavy (non-hydrogen) atoms.